The smallest absolute Gasteiger partial charge is 0.221 e. The summed E-state index contributed by atoms with van der Waals surface area (Å²) in [5.41, 5.74) is 4.08. The van der Waals surface area contributed by atoms with Gasteiger partial charge in [-0.05, 0) is 33.1 Å². The summed E-state index contributed by atoms with van der Waals surface area (Å²) in [6.45, 7) is 8.62. The fourth-order valence-corrected chi connectivity index (χ4v) is 2.86. The van der Waals surface area contributed by atoms with Crippen LogP contribution >= 0.6 is 0 Å². The van der Waals surface area contributed by atoms with Crippen LogP contribution < -0.4 is 4.74 Å². The molecule has 3 rings (SSSR count). The van der Waals surface area contributed by atoms with Gasteiger partial charge in [0.05, 0.1) is 12.3 Å². The first-order valence-electron chi connectivity index (χ1n) is 8.28. The zero-order valence-corrected chi connectivity index (χ0v) is 13.8. The van der Waals surface area contributed by atoms with Gasteiger partial charge in [-0.15, -0.1) is 0 Å². The Morgan fingerprint density at radius 3 is 2.82 bits per heavy atom. The number of hydrogen-bond acceptors (Lipinski definition) is 4. The molecule has 0 atom stereocenters. The Balaban J connectivity index is 1.96. The van der Waals surface area contributed by atoms with Gasteiger partial charge in [-0.1, -0.05) is 13.3 Å². The van der Waals surface area contributed by atoms with Gasteiger partial charge in [0.1, 0.15) is 0 Å². The van der Waals surface area contributed by atoms with E-state index >= 15 is 0 Å². The average Bonchev–Trinajstić information content (AvgIpc) is 2.95. The molecule has 3 heterocycles. The molecule has 5 heteroatoms. The summed E-state index contributed by atoms with van der Waals surface area (Å²) >= 11 is 0. The Morgan fingerprint density at radius 2 is 2.09 bits per heavy atom. The minimum Gasteiger partial charge on any atom is -0.477 e. The van der Waals surface area contributed by atoms with Crippen LogP contribution in [0.2, 0.25) is 0 Å². The van der Waals surface area contributed by atoms with E-state index in [2.05, 4.69) is 24.9 Å². The number of ether oxygens (including phenoxy) is 2. The summed E-state index contributed by atoms with van der Waals surface area (Å²) in [5.74, 6) is 1.31. The van der Waals surface area contributed by atoms with E-state index < -0.39 is 0 Å². The van der Waals surface area contributed by atoms with Crippen molar-refractivity contribution in [3.8, 4) is 5.88 Å². The quantitative estimate of drug-likeness (QED) is 0.794. The van der Waals surface area contributed by atoms with Crippen LogP contribution in [-0.2, 0) is 4.74 Å². The molecule has 0 bridgehead atoms. The number of unbranched alkanes of at least 4 members (excludes halogenated alkanes) is 1. The molecule has 0 N–H and O–H groups in total. The molecule has 0 aromatic carbocycles. The highest BCUT2D eigenvalue weighted by molar-refractivity contribution is 5.47. The van der Waals surface area contributed by atoms with Crippen molar-refractivity contribution in [2.24, 2.45) is 0 Å². The van der Waals surface area contributed by atoms with Crippen molar-refractivity contribution in [1.82, 2.24) is 14.6 Å². The van der Waals surface area contributed by atoms with E-state index in [4.69, 9.17) is 14.6 Å². The van der Waals surface area contributed by atoms with Gasteiger partial charge in [0.25, 0.3) is 0 Å². The molecular weight excluding hydrogens is 278 g/mol. The molecule has 2 aromatic rings. The maximum Gasteiger partial charge on any atom is 0.221 e. The predicted molar refractivity (Wildman–Crippen MR) is 85.7 cm³/mol. The third-order valence-corrected chi connectivity index (χ3v) is 4.42. The monoisotopic (exact) mass is 303 g/mol. The van der Waals surface area contributed by atoms with Crippen molar-refractivity contribution >= 4 is 5.65 Å². The standard InChI is InChI=1S/C17H25N3O2/c1-4-5-8-22-17-12(2)13(3)18-16-11-15(19-20(16)17)14-6-9-21-10-7-14/h11,14H,4-10H2,1-3H3. The molecule has 1 fully saturated rings. The summed E-state index contributed by atoms with van der Waals surface area (Å²) in [4.78, 5) is 4.67. The van der Waals surface area contributed by atoms with Crippen LogP contribution in [0, 0.1) is 13.8 Å². The third-order valence-electron chi connectivity index (χ3n) is 4.42. The van der Waals surface area contributed by atoms with Crippen molar-refractivity contribution in [1.29, 1.82) is 0 Å². The summed E-state index contributed by atoms with van der Waals surface area (Å²) in [6, 6.07) is 2.11. The third kappa shape index (κ3) is 2.95. The van der Waals surface area contributed by atoms with Crippen molar-refractivity contribution < 1.29 is 9.47 Å². The van der Waals surface area contributed by atoms with Gasteiger partial charge in [-0.3, -0.25) is 0 Å². The zero-order valence-electron chi connectivity index (χ0n) is 13.8. The number of aromatic nitrogens is 3. The lowest BCUT2D eigenvalue weighted by Crippen LogP contribution is -2.14. The van der Waals surface area contributed by atoms with Crippen LogP contribution in [0.25, 0.3) is 5.65 Å². The highest BCUT2D eigenvalue weighted by Crippen LogP contribution is 2.29. The lowest BCUT2D eigenvalue weighted by Gasteiger charge is -2.19. The van der Waals surface area contributed by atoms with E-state index in [1.54, 1.807) is 0 Å². The molecule has 2 aromatic heterocycles. The van der Waals surface area contributed by atoms with Gasteiger partial charge in [-0.25, -0.2) is 4.98 Å². The summed E-state index contributed by atoms with van der Waals surface area (Å²) in [6.07, 6.45) is 4.25. The largest absolute Gasteiger partial charge is 0.477 e. The molecule has 0 saturated carbocycles. The number of nitrogens with zero attached hydrogens (tertiary/aromatic N) is 3. The summed E-state index contributed by atoms with van der Waals surface area (Å²) in [7, 11) is 0. The van der Waals surface area contributed by atoms with E-state index in [1.807, 2.05) is 11.4 Å². The minimum absolute atomic E-state index is 0.472. The number of fused-ring (bicyclic) bond motifs is 1. The van der Waals surface area contributed by atoms with E-state index in [-0.39, 0.29) is 0 Å². The maximum absolute atomic E-state index is 6.01. The van der Waals surface area contributed by atoms with E-state index in [0.29, 0.717) is 5.92 Å². The lowest BCUT2D eigenvalue weighted by atomic mass is 9.97. The number of aryl methyl sites for hydroxylation is 1. The van der Waals surface area contributed by atoms with E-state index in [9.17, 15) is 0 Å². The van der Waals surface area contributed by atoms with Crippen LogP contribution in [0.4, 0.5) is 0 Å². The highest BCUT2D eigenvalue weighted by Gasteiger charge is 2.21. The zero-order chi connectivity index (χ0) is 15.5. The van der Waals surface area contributed by atoms with Gasteiger partial charge < -0.3 is 9.47 Å². The maximum atomic E-state index is 6.01. The average molecular weight is 303 g/mol. The molecule has 5 nitrogen and oxygen atoms in total. The molecule has 0 amide bonds. The fourth-order valence-electron chi connectivity index (χ4n) is 2.86. The highest BCUT2D eigenvalue weighted by atomic mass is 16.5. The molecule has 0 unspecified atom stereocenters. The first-order chi connectivity index (χ1) is 10.7. The van der Waals surface area contributed by atoms with Crippen LogP contribution in [0.15, 0.2) is 6.07 Å². The first-order valence-corrected chi connectivity index (χ1v) is 8.28. The van der Waals surface area contributed by atoms with Gasteiger partial charge in [0, 0.05) is 36.5 Å². The number of hydrogen-bond donors (Lipinski definition) is 0. The molecule has 0 aliphatic carbocycles. The van der Waals surface area contributed by atoms with Crippen LogP contribution in [-0.4, -0.2) is 34.4 Å². The van der Waals surface area contributed by atoms with Gasteiger partial charge in [0.2, 0.25) is 5.88 Å². The molecule has 22 heavy (non-hydrogen) atoms. The Morgan fingerprint density at radius 1 is 1.32 bits per heavy atom. The van der Waals surface area contributed by atoms with Crippen LogP contribution in [0.3, 0.4) is 0 Å². The van der Waals surface area contributed by atoms with Gasteiger partial charge in [0.15, 0.2) is 5.65 Å². The van der Waals surface area contributed by atoms with Gasteiger partial charge in [-0.2, -0.15) is 9.61 Å². The molecular formula is C17H25N3O2. The molecule has 1 aliphatic heterocycles. The topological polar surface area (TPSA) is 48.7 Å². The van der Waals surface area contributed by atoms with Crippen molar-refractivity contribution in [3.63, 3.8) is 0 Å². The van der Waals surface area contributed by atoms with Crippen molar-refractivity contribution in [2.45, 2.75) is 52.4 Å². The Kier molecular flexibility index (Phi) is 4.62. The summed E-state index contributed by atoms with van der Waals surface area (Å²) < 4.78 is 13.3. The van der Waals surface area contributed by atoms with E-state index in [1.165, 1.54) is 0 Å². The molecule has 120 valence electrons. The molecule has 0 spiro atoms. The Labute approximate surface area is 131 Å². The Bertz CT molecular complexity index is 645. The first kappa shape index (κ1) is 15.3. The molecule has 1 saturated heterocycles. The van der Waals surface area contributed by atoms with Crippen molar-refractivity contribution in [2.75, 3.05) is 19.8 Å². The van der Waals surface area contributed by atoms with Gasteiger partial charge >= 0.3 is 0 Å². The summed E-state index contributed by atoms with van der Waals surface area (Å²) in [5, 5.41) is 4.79. The fraction of sp³-hybridized carbons (Fsp3) is 0.647. The second kappa shape index (κ2) is 6.65. The van der Waals surface area contributed by atoms with E-state index in [0.717, 1.165) is 74.0 Å². The van der Waals surface area contributed by atoms with Crippen molar-refractivity contribution in [3.05, 3.63) is 23.0 Å². The normalized spacial score (nSPS) is 16.3. The number of rotatable bonds is 5. The second-order valence-corrected chi connectivity index (χ2v) is 6.06. The molecule has 1 aliphatic rings. The second-order valence-electron chi connectivity index (χ2n) is 6.06. The minimum atomic E-state index is 0.472. The SMILES string of the molecule is CCCCOc1c(C)c(C)nc2cc(C3CCOCC3)nn12. The predicted octanol–water partition coefficient (Wildman–Crippen LogP) is 3.42. The Hall–Kier alpha value is -1.62. The lowest BCUT2D eigenvalue weighted by molar-refractivity contribution is 0.0844. The molecule has 0 radical (unpaired) electrons. The van der Waals surface area contributed by atoms with Crippen LogP contribution in [0.5, 0.6) is 5.88 Å². The van der Waals surface area contributed by atoms with Crippen LogP contribution in [0.1, 0.15) is 55.5 Å².